The first-order valence-corrected chi connectivity index (χ1v) is 9.59. The largest absolute Gasteiger partial charge is 0.399 e. The third-order valence-electron chi connectivity index (χ3n) is 3.79. The van der Waals surface area contributed by atoms with Crippen molar-refractivity contribution in [2.75, 3.05) is 30.9 Å². The minimum atomic E-state index is -3.26. The number of hydrogen-bond acceptors (Lipinski definition) is 5. The molecule has 0 saturated heterocycles. The molecule has 0 aromatic heterocycles. The van der Waals surface area contributed by atoms with Crippen LogP contribution >= 0.6 is 11.8 Å². The van der Waals surface area contributed by atoms with Crippen molar-refractivity contribution in [3.63, 3.8) is 0 Å². The van der Waals surface area contributed by atoms with Crippen LogP contribution in [-0.2, 0) is 14.8 Å². The van der Waals surface area contributed by atoms with Crippen molar-refractivity contribution in [3.8, 4) is 0 Å². The Hall–Kier alpha value is -0.760. The van der Waals surface area contributed by atoms with Crippen LogP contribution in [0.15, 0.2) is 29.2 Å². The summed E-state index contributed by atoms with van der Waals surface area (Å²) in [5, 5.41) is 0. The lowest BCUT2D eigenvalue weighted by Crippen LogP contribution is -2.49. The SMILES string of the molecule is COC1(CNS(=O)(=O)CCSc2cccc(N)c2)CCC1. The summed E-state index contributed by atoms with van der Waals surface area (Å²) >= 11 is 1.49. The zero-order valence-electron chi connectivity index (χ0n) is 12.2. The lowest BCUT2D eigenvalue weighted by Gasteiger charge is -2.40. The van der Waals surface area contributed by atoms with Crippen molar-refractivity contribution < 1.29 is 13.2 Å². The fraction of sp³-hybridized carbons (Fsp3) is 0.571. The molecule has 0 unspecified atom stereocenters. The Morgan fingerprint density at radius 1 is 1.43 bits per heavy atom. The molecule has 118 valence electrons. The van der Waals surface area contributed by atoms with Crippen molar-refractivity contribution in [3.05, 3.63) is 24.3 Å². The van der Waals surface area contributed by atoms with E-state index in [0.717, 1.165) is 24.2 Å². The van der Waals surface area contributed by atoms with Crippen LogP contribution in [0.2, 0.25) is 0 Å². The topological polar surface area (TPSA) is 81.4 Å². The van der Waals surface area contributed by atoms with Gasteiger partial charge in [-0.2, -0.15) is 0 Å². The van der Waals surface area contributed by atoms with Crippen LogP contribution in [0.5, 0.6) is 0 Å². The second kappa shape index (κ2) is 7.00. The Kier molecular flexibility index (Phi) is 5.54. The third-order valence-corrected chi connectivity index (χ3v) is 6.37. The van der Waals surface area contributed by atoms with Gasteiger partial charge in [0.25, 0.3) is 0 Å². The van der Waals surface area contributed by atoms with E-state index in [2.05, 4.69) is 4.72 Å². The second-order valence-corrected chi connectivity index (χ2v) is 8.40. The van der Waals surface area contributed by atoms with Crippen LogP contribution in [-0.4, -0.2) is 39.2 Å². The van der Waals surface area contributed by atoms with Crippen LogP contribution in [0, 0.1) is 0 Å². The molecule has 0 atom stereocenters. The van der Waals surface area contributed by atoms with E-state index in [-0.39, 0.29) is 11.4 Å². The summed E-state index contributed by atoms with van der Waals surface area (Å²) < 4.78 is 32.0. The fourth-order valence-electron chi connectivity index (χ4n) is 2.21. The molecule has 2 rings (SSSR count). The molecule has 0 radical (unpaired) electrons. The highest BCUT2D eigenvalue weighted by Crippen LogP contribution is 2.34. The molecule has 0 spiro atoms. The number of benzene rings is 1. The molecule has 1 aromatic carbocycles. The molecule has 0 bridgehead atoms. The van der Waals surface area contributed by atoms with Crippen LogP contribution in [0.1, 0.15) is 19.3 Å². The Labute approximate surface area is 130 Å². The van der Waals surface area contributed by atoms with E-state index in [9.17, 15) is 8.42 Å². The number of nitrogen functional groups attached to an aromatic ring is 1. The van der Waals surface area contributed by atoms with E-state index in [0.29, 0.717) is 18.0 Å². The van der Waals surface area contributed by atoms with Gasteiger partial charge in [0.1, 0.15) is 0 Å². The number of rotatable bonds is 8. The van der Waals surface area contributed by atoms with Crippen molar-refractivity contribution in [2.45, 2.75) is 29.8 Å². The van der Waals surface area contributed by atoms with E-state index in [1.54, 1.807) is 7.11 Å². The summed E-state index contributed by atoms with van der Waals surface area (Å²) in [6.07, 6.45) is 2.94. The number of methoxy groups -OCH3 is 1. The number of hydrogen-bond donors (Lipinski definition) is 2. The fourth-order valence-corrected chi connectivity index (χ4v) is 4.68. The van der Waals surface area contributed by atoms with E-state index >= 15 is 0 Å². The first kappa shape index (κ1) is 16.6. The Bertz CT molecular complexity index is 566. The lowest BCUT2D eigenvalue weighted by molar-refractivity contribution is -0.0659. The van der Waals surface area contributed by atoms with Gasteiger partial charge in [-0.25, -0.2) is 13.1 Å². The van der Waals surface area contributed by atoms with Gasteiger partial charge in [-0.15, -0.1) is 11.8 Å². The highest BCUT2D eigenvalue weighted by molar-refractivity contribution is 8.00. The van der Waals surface area contributed by atoms with Crippen LogP contribution in [0.25, 0.3) is 0 Å². The number of sulfonamides is 1. The standard InChI is InChI=1S/C14H22N2O3S2/c1-19-14(6-3-7-14)11-16-21(17,18)9-8-20-13-5-2-4-12(15)10-13/h2,4-5,10,16H,3,6-9,11,15H2,1H3. The Balaban J connectivity index is 1.76. The summed E-state index contributed by atoms with van der Waals surface area (Å²) in [4.78, 5) is 0.984. The molecule has 1 saturated carbocycles. The molecule has 7 heteroatoms. The van der Waals surface area contributed by atoms with Gasteiger partial charge in [0.15, 0.2) is 0 Å². The summed E-state index contributed by atoms with van der Waals surface area (Å²) in [5.74, 6) is 0.588. The minimum absolute atomic E-state index is 0.0895. The van der Waals surface area contributed by atoms with Crippen molar-refractivity contribution in [1.29, 1.82) is 0 Å². The van der Waals surface area contributed by atoms with Gasteiger partial charge < -0.3 is 10.5 Å². The van der Waals surface area contributed by atoms with Gasteiger partial charge >= 0.3 is 0 Å². The second-order valence-electron chi connectivity index (χ2n) is 5.30. The van der Waals surface area contributed by atoms with Gasteiger partial charge in [-0.1, -0.05) is 6.07 Å². The molecular weight excluding hydrogens is 308 g/mol. The molecule has 1 aromatic rings. The number of anilines is 1. The normalized spacial score (nSPS) is 17.4. The quantitative estimate of drug-likeness (QED) is 0.561. The summed E-state index contributed by atoms with van der Waals surface area (Å²) in [5.41, 5.74) is 6.10. The Morgan fingerprint density at radius 2 is 2.19 bits per heavy atom. The predicted molar refractivity (Wildman–Crippen MR) is 87.0 cm³/mol. The molecule has 0 heterocycles. The zero-order valence-corrected chi connectivity index (χ0v) is 13.8. The zero-order chi connectivity index (χ0) is 15.3. The molecule has 0 amide bonds. The summed E-state index contributed by atoms with van der Waals surface area (Å²) in [7, 11) is -1.62. The van der Waals surface area contributed by atoms with E-state index in [1.807, 2.05) is 24.3 Å². The van der Waals surface area contributed by atoms with Crippen molar-refractivity contribution in [2.24, 2.45) is 0 Å². The van der Waals surface area contributed by atoms with Gasteiger partial charge in [0.2, 0.25) is 10.0 Å². The molecule has 1 aliphatic carbocycles. The molecule has 3 N–H and O–H groups in total. The smallest absolute Gasteiger partial charge is 0.212 e. The van der Waals surface area contributed by atoms with Crippen LogP contribution in [0.3, 0.4) is 0 Å². The number of nitrogens with one attached hydrogen (secondary N) is 1. The highest BCUT2D eigenvalue weighted by Gasteiger charge is 2.37. The first-order chi connectivity index (χ1) is 9.95. The van der Waals surface area contributed by atoms with Crippen molar-refractivity contribution in [1.82, 2.24) is 4.72 Å². The predicted octanol–water partition coefficient (Wildman–Crippen LogP) is 1.85. The van der Waals surface area contributed by atoms with E-state index in [1.165, 1.54) is 11.8 Å². The van der Waals surface area contributed by atoms with Crippen molar-refractivity contribution >= 4 is 27.5 Å². The maximum absolute atomic E-state index is 12.0. The maximum atomic E-state index is 12.0. The van der Waals surface area contributed by atoms with E-state index in [4.69, 9.17) is 10.5 Å². The monoisotopic (exact) mass is 330 g/mol. The molecule has 21 heavy (non-hydrogen) atoms. The van der Waals surface area contributed by atoms with Gasteiger partial charge in [-0.3, -0.25) is 0 Å². The third kappa shape index (κ3) is 4.88. The van der Waals surface area contributed by atoms with E-state index < -0.39 is 10.0 Å². The number of ether oxygens (including phenoxy) is 1. The number of thioether (sulfide) groups is 1. The van der Waals surface area contributed by atoms with Gasteiger partial charge in [0.05, 0.1) is 11.4 Å². The molecule has 0 aliphatic heterocycles. The highest BCUT2D eigenvalue weighted by atomic mass is 32.2. The molecule has 1 aliphatic rings. The minimum Gasteiger partial charge on any atom is -0.399 e. The summed E-state index contributed by atoms with van der Waals surface area (Å²) in [6, 6.07) is 7.45. The van der Waals surface area contributed by atoms with Crippen LogP contribution in [0.4, 0.5) is 5.69 Å². The first-order valence-electron chi connectivity index (χ1n) is 6.96. The maximum Gasteiger partial charge on any atom is 0.212 e. The molecular formula is C14H22N2O3S2. The summed E-state index contributed by atoms with van der Waals surface area (Å²) in [6.45, 7) is 0.370. The van der Waals surface area contributed by atoms with Gasteiger partial charge in [-0.05, 0) is 37.5 Å². The average Bonchev–Trinajstić information content (AvgIpc) is 2.38. The number of nitrogens with two attached hydrogens (primary N) is 1. The molecule has 5 nitrogen and oxygen atoms in total. The van der Waals surface area contributed by atoms with Gasteiger partial charge in [0, 0.05) is 30.0 Å². The lowest BCUT2D eigenvalue weighted by atomic mass is 9.80. The van der Waals surface area contributed by atoms with Crippen LogP contribution < -0.4 is 10.5 Å². The average molecular weight is 330 g/mol. The Morgan fingerprint density at radius 3 is 2.76 bits per heavy atom. The molecule has 1 fully saturated rings.